The van der Waals surface area contributed by atoms with Crippen LogP contribution in [0.4, 0.5) is 10.2 Å². The molecule has 9 heteroatoms. The Kier molecular flexibility index (Phi) is 5.53. The van der Waals surface area contributed by atoms with E-state index in [-0.39, 0.29) is 19.0 Å². The van der Waals surface area contributed by atoms with Crippen molar-refractivity contribution in [1.82, 2.24) is 25.3 Å². The molecule has 156 valence electrons. The third-order valence-corrected chi connectivity index (χ3v) is 5.24. The van der Waals surface area contributed by atoms with E-state index < -0.39 is 5.67 Å². The summed E-state index contributed by atoms with van der Waals surface area (Å²) in [4.78, 5) is 18.0. The number of benzene rings is 1. The van der Waals surface area contributed by atoms with Crippen molar-refractivity contribution in [1.29, 1.82) is 0 Å². The van der Waals surface area contributed by atoms with Gasteiger partial charge in [-0.2, -0.15) is 0 Å². The van der Waals surface area contributed by atoms with Crippen LogP contribution in [0.2, 0.25) is 0 Å². The Hall–Kier alpha value is -2.84. The van der Waals surface area contributed by atoms with Crippen molar-refractivity contribution in [2.24, 2.45) is 0 Å². The summed E-state index contributed by atoms with van der Waals surface area (Å²) in [5.41, 5.74) is 3.13. The molecule has 2 N–H and O–H groups in total. The fourth-order valence-electron chi connectivity index (χ4n) is 3.77. The predicted molar refractivity (Wildman–Crippen MR) is 117 cm³/mol. The van der Waals surface area contributed by atoms with Crippen molar-refractivity contribution in [3.63, 3.8) is 0 Å². The molecule has 1 aliphatic rings. The molecule has 1 saturated heterocycles. The van der Waals surface area contributed by atoms with Gasteiger partial charge < -0.3 is 15.1 Å². The van der Waals surface area contributed by atoms with Crippen LogP contribution in [0.3, 0.4) is 0 Å². The van der Waals surface area contributed by atoms with Crippen LogP contribution >= 0.6 is 12.4 Å². The summed E-state index contributed by atoms with van der Waals surface area (Å²) in [6.07, 6.45) is 4.61. The topological polar surface area (TPSA) is 88.8 Å². The maximum absolute atomic E-state index is 15.1. The minimum Gasteiger partial charge on any atom is -0.441 e. The summed E-state index contributed by atoms with van der Waals surface area (Å²) in [5.74, 6) is 1.15. The van der Waals surface area contributed by atoms with Gasteiger partial charge in [-0.15, -0.1) is 12.4 Å². The monoisotopic (exact) mass is 428 g/mol. The Labute approximate surface area is 178 Å². The Balaban J connectivity index is 0.00000218. The van der Waals surface area contributed by atoms with Gasteiger partial charge in [-0.3, -0.25) is 4.98 Å². The first kappa shape index (κ1) is 20.4. The van der Waals surface area contributed by atoms with E-state index in [1.54, 1.807) is 12.4 Å². The molecule has 5 rings (SSSR count). The van der Waals surface area contributed by atoms with Crippen molar-refractivity contribution in [2.75, 3.05) is 25.0 Å². The number of halogens is 2. The lowest BCUT2D eigenvalue weighted by Crippen LogP contribution is -2.46. The number of aryl methyl sites for hydroxylation is 1. The number of rotatable bonds is 4. The van der Waals surface area contributed by atoms with Gasteiger partial charge in [0.2, 0.25) is 0 Å². The van der Waals surface area contributed by atoms with Crippen molar-refractivity contribution < 1.29 is 8.81 Å². The lowest BCUT2D eigenvalue weighted by molar-refractivity contribution is 0.137. The second kappa shape index (κ2) is 8.12. The van der Waals surface area contributed by atoms with Gasteiger partial charge in [0.05, 0.1) is 17.8 Å². The summed E-state index contributed by atoms with van der Waals surface area (Å²) in [6.45, 7) is 3.19. The zero-order valence-electron chi connectivity index (χ0n) is 16.5. The molecular weight excluding hydrogens is 407 g/mol. The third kappa shape index (κ3) is 3.93. The first-order chi connectivity index (χ1) is 14.1. The maximum atomic E-state index is 15.1. The van der Waals surface area contributed by atoms with E-state index in [0.29, 0.717) is 35.7 Å². The van der Waals surface area contributed by atoms with E-state index >= 15 is 4.39 Å². The van der Waals surface area contributed by atoms with Crippen LogP contribution < -0.4 is 10.6 Å². The second-order valence-electron chi connectivity index (χ2n) is 7.48. The fourth-order valence-corrected chi connectivity index (χ4v) is 3.77. The van der Waals surface area contributed by atoms with E-state index in [4.69, 9.17) is 9.40 Å². The van der Waals surface area contributed by atoms with Crippen LogP contribution in [0, 0.1) is 6.92 Å². The van der Waals surface area contributed by atoms with Gasteiger partial charge >= 0.3 is 0 Å². The lowest BCUT2D eigenvalue weighted by atomic mass is 9.96. The van der Waals surface area contributed by atoms with Crippen molar-refractivity contribution >= 4 is 40.4 Å². The van der Waals surface area contributed by atoms with Crippen LogP contribution in [0.1, 0.15) is 18.7 Å². The van der Waals surface area contributed by atoms with Crippen LogP contribution in [-0.2, 0) is 0 Å². The Morgan fingerprint density at radius 1 is 1.17 bits per heavy atom. The number of anilines is 1. The van der Waals surface area contributed by atoms with Gasteiger partial charge in [-0.25, -0.2) is 19.3 Å². The molecule has 0 spiro atoms. The highest BCUT2D eigenvalue weighted by Crippen LogP contribution is 2.29. The highest BCUT2D eigenvalue weighted by atomic mass is 35.5. The molecule has 1 fully saturated rings. The molecule has 0 bridgehead atoms. The van der Waals surface area contributed by atoms with E-state index in [0.717, 1.165) is 35.3 Å². The Morgan fingerprint density at radius 3 is 2.87 bits per heavy atom. The summed E-state index contributed by atoms with van der Waals surface area (Å²) < 4.78 is 20.6. The molecule has 0 amide bonds. The van der Waals surface area contributed by atoms with Gasteiger partial charge in [0.15, 0.2) is 17.3 Å². The van der Waals surface area contributed by atoms with Crippen molar-refractivity contribution in [3.8, 4) is 11.3 Å². The zero-order valence-corrected chi connectivity index (χ0v) is 17.3. The van der Waals surface area contributed by atoms with Crippen LogP contribution in [0.25, 0.3) is 33.4 Å². The van der Waals surface area contributed by atoms with Crippen LogP contribution in [0.5, 0.6) is 0 Å². The van der Waals surface area contributed by atoms with E-state index in [1.807, 2.05) is 31.2 Å². The van der Waals surface area contributed by atoms with Gasteiger partial charge in [0.25, 0.3) is 0 Å². The number of pyridine rings is 1. The largest absolute Gasteiger partial charge is 0.441 e. The molecule has 3 aromatic heterocycles. The Morgan fingerprint density at radius 2 is 2.03 bits per heavy atom. The summed E-state index contributed by atoms with van der Waals surface area (Å²) in [6, 6.07) is 7.63. The maximum Gasteiger partial charge on any atom is 0.192 e. The summed E-state index contributed by atoms with van der Waals surface area (Å²) >= 11 is 0. The predicted octanol–water partition coefficient (Wildman–Crippen LogP) is 4.07. The minimum absolute atomic E-state index is 0. The van der Waals surface area contributed by atoms with E-state index in [9.17, 15) is 0 Å². The molecule has 30 heavy (non-hydrogen) atoms. The first-order valence-corrected chi connectivity index (χ1v) is 9.73. The summed E-state index contributed by atoms with van der Waals surface area (Å²) in [7, 11) is 0. The minimum atomic E-state index is -1.30. The highest BCUT2D eigenvalue weighted by molar-refractivity contribution is 5.89. The number of nitrogens with zero attached hydrogens (tertiary/aromatic N) is 4. The molecule has 4 aromatic rings. The van der Waals surface area contributed by atoms with Crippen LogP contribution in [-0.4, -0.2) is 45.2 Å². The highest BCUT2D eigenvalue weighted by Gasteiger charge is 2.31. The molecule has 0 aliphatic carbocycles. The quantitative estimate of drug-likeness (QED) is 0.506. The molecular formula is C21H22ClFN6O. The molecule has 1 aromatic carbocycles. The number of oxazole rings is 1. The molecule has 1 unspecified atom stereocenters. The Bertz CT molecular complexity index is 1190. The zero-order chi connectivity index (χ0) is 19.8. The standard InChI is InChI=1S/C21H21FN6O.ClH/c1-13-27-16-9-14(3-4-18(16)29-13)15-10-17-19(25-8-7-24-17)20(28-15)26-12-21(22)5-2-6-23-11-21;/h3-4,7-10,23H,2,5-6,11-12H2,1H3,(H,26,28);1H. The summed E-state index contributed by atoms with van der Waals surface area (Å²) in [5, 5.41) is 6.31. The third-order valence-electron chi connectivity index (χ3n) is 5.24. The molecule has 4 heterocycles. The molecule has 0 saturated carbocycles. The normalized spacial score (nSPS) is 19.0. The fraction of sp³-hybridized carbons (Fsp3) is 0.333. The van der Waals surface area contributed by atoms with E-state index in [2.05, 4.69) is 25.6 Å². The number of piperidine rings is 1. The van der Waals surface area contributed by atoms with Crippen LogP contribution in [0.15, 0.2) is 41.1 Å². The van der Waals surface area contributed by atoms with Gasteiger partial charge in [-0.05, 0) is 43.7 Å². The van der Waals surface area contributed by atoms with E-state index in [1.165, 1.54) is 0 Å². The number of hydrogen-bond donors (Lipinski definition) is 2. The average molecular weight is 429 g/mol. The molecule has 0 radical (unpaired) electrons. The SMILES string of the molecule is Cc1nc2cc(-c3cc4nccnc4c(NCC4(F)CCCNC4)n3)ccc2o1.Cl. The number of hydrogen-bond acceptors (Lipinski definition) is 7. The average Bonchev–Trinajstić information content (AvgIpc) is 3.11. The molecule has 7 nitrogen and oxygen atoms in total. The van der Waals surface area contributed by atoms with Gasteiger partial charge in [0.1, 0.15) is 16.7 Å². The molecule has 1 atom stereocenters. The lowest BCUT2D eigenvalue weighted by Gasteiger charge is -2.30. The number of nitrogens with one attached hydrogen (secondary N) is 2. The number of aromatic nitrogens is 4. The number of fused-ring (bicyclic) bond motifs is 2. The number of alkyl halides is 1. The van der Waals surface area contributed by atoms with Gasteiger partial charge in [-0.1, -0.05) is 0 Å². The van der Waals surface area contributed by atoms with Crippen molar-refractivity contribution in [3.05, 3.63) is 42.5 Å². The van der Waals surface area contributed by atoms with Gasteiger partial charge in [0, 0.05) is 31.4 Å². The first-order valence-electron chi connectivity index (χ1n) is 9.73. The molecule has 1 aliphatic heterocycles. The smallest absolute Gasteiger partial charge is 0.192 e. The van der Waals surface area contributed by atoms with Crippen molar-refractivity contribution in [2.45, 2.75) is 25.4 Å². The second-order valence-corrected chi connectivity index (χ2v) is 7.48.